The zero-order chi connectivity index (χ0) is 17.2. The van der Waals surface area contributed by atoms with Crippen LogP contribution >= 0.6 is 0 Å². The van der Waals surface area contributed by atoms with Crippen LogP contribution < -0.4 is 4.90 Å². The molecule has 2 heterocycles. The van der Waals surface area contributed by atoms with Gasteiger partial charge >= 0.3 is 0 Å². The van der Waals surface area contributed by atoms with Gasteiger partial charge in [0, 0.05) is 46.5 Å². The lowest BCUT2D eigenvalue weighted by Gasteiger charge is -2.26. The Hall–Kier alpha value is -1.74. The zero-order valence-corrected chi connectivity index (χ0v) is 14.7. The second-order valence-electron chi connectivity index (χ2n) is 5.96. The quantitative estimate of drug-likeness (QED) is 0.742. The number of hydrogen-bond donors (Lipinski definition) is 0. The van der Waals surface area contributed by atoms with Crippen molar-refractivity contribution < 1.29 is 13.2 Å². The molecule has 0 bridgehead atoms. The molecule has 0 radical (unpaired) electrons. The summed E-state index contributed by atoms with van der Waals surface area (Å²) in [5.41, 5.74) is 0. The van der Waals surface area contributed by atoms with Crippen LogP contribution in [0.3, 0.4) is 0 Å². The second-order valence-corrected chi connectivity index (χ2v) is 7.94. The van der Waals surface area contributed by atoms with Crippen LogP contribution in [0.1, 0.15) is 5.82 Å². The molecule has 0 spiro atoms. The summed E-state index contributed by atoms with van der Waals surface area (Å²) in [4.78, 5) is 24.3. The first kappa shape index (κ1) is 17.6. The maximum absolute atomic E-state index is 12.4. The molecular formula is C14H23N5O3S. The molecular weight excluding hydrogens is 318 g/mol. The minimum absolute atomic E-state index is 0.0867. The summed E-state index contributed by atoms with van der Waals surface area (Å²) >= 11 is 0. The average molecular weight is 341 g/mol. The molecule has 128 valence electrons. The van der Waals surface area contributed by atoms with Crippen LogP contribution in [0.2, 0.25) is 0 Å². The van der Waals surface area contributed by atoms with E-state index in [1.54, 1.807) is 33.3 Å². The molecule has 1 aliphatic rings. The Bertz CT molecular complexity index is 677. The predicted molar refractivity (Wildman–Crippen MR) is 87.6 cm³/mol. The normalized spacial score (nSPS) is 20.2. The Morgan fingerprint density at radius 3 is 2.57 bits per heavy atom. The van der Waals surface area contributed by atoms with Gasteiger partial charge in [0.15, 0.2) is 0 Å². The Balaban J connectivity index is 2.31. The van der Waals surface area contributed by atoms with Crippen molar-refractivity contribution in [1.82, 2.24) is 19.2 Å². The van der Waals surface area contributed by atoms with E-state index in [0.29, 0.717) is 31.3 Å². The molecule has 1 atom stereocenters. The fraction of sp³-hybridized carbons (Fsp3) is 0.643. The largest absolute Gasteiger partial charge is 0.354 e. The van der Waals surface area contributed by atoms with Gasteiger partial charge in [-0.15, -0.1) is 0 Å². The fourth-order valence-corrected chi connectivity index (χ4v) is 3.50. The van der Waals surface area contributed by atoms with Crippen LogP contribution in [-0.2, 0) is 14.8 Å². The highest BCUT2D eigenvalue weighted by Crippen LogP contribution is 2.19. The van der Waals surface area contributed by atoms with E-state index in [1.807, 2.05) is 4.90 Å². The number of rotatable bonds is 3. The van der Waals surface area contributed by atoms with E-state index in [-0.39, 0.29) is 12.5 Å². The molecule has 1 saturated heterocycles. The summed E-state index contributed by atoms with van der Waals surface area (Å²) in [5.74, 6) is 0.834. The van der Waals surface area contributed by atoms with E-state index >= 15 is 0 Å². The van der Waals surface area contributed by atoms with Gasteiger partial charge in [0.25, 0.3) is 0 Å². The highest BCUT2D eigenvalue weighted by Gasteiger charge is 2.32. The van der Waals surface area contributed by atoms with Crippen molar-refractivity contribution in [3.05, 3.63) is 18.1 Å². The van der Waals surface area contributed by atoms with Gasteiger partial charge < -0.3 is 9.80 Å². The van der Waals surface area contributed by atoms with Crippen LogP contribution in [0.4, 0.5) is 5.82 Å². The van der Waals surface area contributed by atoms with E-state index in [9.17, 15) is 13.2 Å². The lowest BCUT2D eigenvalue weighted by atomic mass is 10.1. The first-order valence-electron chi connectivity index (χ1n) is 7.39. The van der Waals surface area contributed by atoms with Crippen molar-refractivity contribution in [2.75, 3.05) is 51.4 Å². The minimum Gasteiger partial charge on any atom is -0.354 e. The van der Waals surface area contributed by atoms with Crippen LogP contribution in [-0.4, -0.2) is 80.0 Å². The highest BCUT2D eigenvalue weighted by atomic mass is 32.2. The van der Waals surface area contributed by atoms with Gasteiger partial charge in [-0.3, -0.25) is 4.79 Å². The maximum Gasteiger partial charge on any atom is 0.228 e. The number of carbonyl (C=O) groups excluding carboxylic acids is 1. The molecule has 0 N–H and O–H groups in total. The molecule has 1 aromatic rings. The summed E-state index contributed by atoms with van der Waals surface area (Å²) in [6.45, 7) is 3.24. The standard InChI is InChI=1S/C14H23N5O3S/c1-11-15-6-5-13(16-11)18-7-8-19(23(4,21)22)10-12(9-18)14(20)17(2)3/h5-6,12H,7-10H2,1-4H3/t12-/m1/s1. The summed E-state index contributed by atoms with van der Waals surface area (Å²) in [7, 11) is 0.00357. The van der Waals surface area contributed by atoms with Crippen molar-refractivity contribution in [2.45, 2.75) is 6.92 Å². The third kappa shape index (κ3) is 4.38. The van der Waals surface area contributed by atoms with Gasteiger partial charge in [0.2, 0.25) is 15.9 Å². The first-order valence-corrected chi connectivity index (χ1v) is 9.24. The number of amides is 1. The van der Waals surface area contributed by atoms with E-state index in [2.05, 4.69) is 9.97 Å². The Labute approximate surface area is 137 Å². The molecule has 23 heavy (non-hydrogen) atoms. The third-order valence-electron chi connectivity index (χ3n) is 3.83. The van der Waals surface area contributed by atoms with E-state index in [0.717, 1.165) is 0 Å². The molecule has 2 rings (SSSR count). The van der Waals surface area contributed by atoms with E-state index < -0.39 is 15.9 Å². The van der Waals surface area contributed by atoms with Crippen molar-refractivity contribution in [3.8, 4) is 0 Å². The molecule has 0 unspecified atom stereocenters. The molecule has 9 heteroatoms. The number of carbonyl (C=O) groups is 1. The molecule has 1 aromatic heterocycles. The van der Waals surface area contributed by atoms with Crippen LogP contribution in [0.5, 0.6) is 0 Å². The Kier molecular flexibility index (Phi) is 5.20. The lowest BCUT2D eigenvalue weighted by molar-refractivity contribution is -0.132. The number of anilines is 1. The van der Waals surface area contributed by atoms with Crippen LogP contribution in [0.25, 0.3) is 0 Å². The molecule has 0 saturated carbocycles. The fourth-order valence-electron chi connectivity index (χ4n) is 2.63. The van der Waals surface area contributed by atoms with Gasteiger partial charge in [-0.25, -0.2) is 18.4 Å². The Morgan fingerprint density at radius 2 is 2.00 bits per heavy atom. The van der Waals surface area contributed by atoms with Crippen molar-refractivity contribution in [1.29, 1.82) is 0 Å². The summed E-state index contributed by atoms with van der Waals surface area (Å²) in [5, 5.41) is 0. The van der Waals surface area contributed by atoms with Crippen molar-refractivity contribution in [3.63, 3.8) is 0 Å². The first-order chi connectivity index (χ1) is 10.7. The monoisotopic (exact) mass is 341 g/mol. The summed E-state index contributed by atoms with van der Waals surface area (Å²) in [6, 6.07) is 1.78. The summed E-state index contributed by atoms with van der Waals surface area (Å²) in [6.07, 6.45) is 2.84. The lowest BCUT2D eigenvalue weighted by Crippen LogP contribution is -2.42. The van der Waals surface area contributed by atoms with Gasteiger partial charge in [0.05, 0.1) is 12.2 Å². The number of sulfonamides is 1. The third-order valence-corrected chi connectivity index (χ3v) is 5.10. The van der Waals surface area contributed by atoms with Crippen LogP contribution in [0.15, 0.2) is 12.3 Å². The highest BCUT2D eigenvalue weighted by molar-refractivity contribution is 7.88. The molecule has 1 aliphatic heterocycles. The van der Waals surface area contributed by atoms with Crippen molar-refractivity contribution in [2.24, 2.45) is 5.92 Å². The number of nitrogens with zero attached hydrogens (tertiary/aromatic N) is 5. The van der Waals surface area contributed by atoms with Gasteiger partial charge in [-0.1, -0.05) is 0 Å². The minimum atomic E-state index is -3.35. The topological polar surface area (TPSA) is 86.7 Å². The van der Waals surface area contributed by atoms with Gasteiger partial charge in [0.1, 0.15) is 11.6 Å². The van der Waals surface area contributed by atoms with Gasteiger partial charge in [-0.2, -0.15) is 4.31 Å². The average Bonchev–Trinajstić information content (AvgIpc) is 2.69. The van der Waals surface area contributed by atoms with E-state index in [4.69, 9.17) is 0 Å². The summed E-state index contributed by atoms with van der Waals surface area (Å²) < 4.78 is 25.2. The van der Waals surface area contributed by atoms with Crippen molar-refractivity contribution >= 4 is 21.7 Å². The predicted octanol–water partition coefficient (Wildman–Crippen LogP) is -0.429. The molecule has 0 aliphatic carbocycles. The Morgan fingerprint density at radius 1 is 1.30 bits per heavy atom. The molecule has 0 aromatic carbocycles. The van der Waals surface area contributed by atoms with Gasteiger partial charge in [-0.05, 0) is 13.0 Å². The zero-order valence-electron chi connectivity index (χ0n) is 13.9. The number of hydrogen-bond acceptors (Lipinski definition) is 6. The van der Waals surface area contributed by atoms with Crippen LogP contribution in [0, 0.1) is 12.8 Å². The number of aryl methyl sites for hydroxylation is 1. The molecule has 8 nitrogen and oxygen atoms in total. The molecule has 1 amide bonds. The SMILES string of the molecule is Cc1nccc(N2CCN(S(C)(=O)=O)C[C@H](C(=O)N(C)C)C2)n1. The second kappa shape index (κ2) is 6.79. The smallest absolute Gasteiger partial charge is 0.228 e. The molecule has 1 fully saturated rings. The van der Waals surface area contributed by atoms with E-state index in [1.165, 1.54) is 15.5 Å². The number of aromatic nitrogens is 2. The maximum atomic E-state index is 12.4.